The molecule has 2 heterocycles. The number of thiophene rings is 1. The van der Waals surface area contributed by atoms with Crippen molar-refractivity contribution >= 4 is 50.7 Å². The van der Waals surface area contributed by atoms with Crippen molar-refractivity contribution in [1.29, 1.82) is 0 Å². The SMILES string of the molecule is CN(CC(=O)NCCC(=O)Nc1cccnc1)C(=O)c1ccc(Br)s1. The largest absolute Gasteiger partial charge is 0.354 e. The fourth-order valence-electron chi connectivity index (χ4n) is 1.94. The van der Waals surface area contributed by atoms with E-state index in [1.54, 1.807) is 43.7 Å². The number of hydrogen-bond donors (Lipinski definition) is 2. The fourth-order valence-corrected chi connectivity index (χ4v) is 3.32. The van der Waals surface area contributed by atoms with Crippen molar-refractivity contribution in [2.75, 3.05) is 25.5 Å². The van der Waals surface area contributed by atoms with Gasteiger partial charge in [-0.3, -0.25) is 19.4 Å². The highest BCUT2D eigenvalue weighted by molar-refractivity contribution is 9.11. The van der Waals surface area contributed by atoms with Gasteiger partial charge in [-0.25, -0.2) is 0 Å². The van der Waals surface area contributed by atoms with E-state index >= 15 is 0 Å². The number of hydrogen-bond acceptors (Lipinski definition) is 5. The first-order valence-electron chi connectivity index (χ1n) is 7.43. The molecule has 0 saturated heterocycles. The number of halogens is 1. The molecule has 25 heavy (non-hydrogen) atoms. The molecule has 2 aromatic rings. The monoisotopic (exact) mass is 424 g/mol. The Bertz CT molecular complexity index is 751. The molecule has 2 N–H and O–H groups in total. The molecule has 2 rings (SSSR count). The minimum absolute atomic E-state index is 0.0709. The van der Waals surface area contributed by atoms with Crippen molar-refractivity contribution in [3.05, 3.63) is 45.3 Å². The van der Waals surface area contributed by atoms with Crippen LogP contribution in [-0.2, 0) is 9.59 Å². The van der Waals surface area contributed by atoms with Crippen molar-refractivity contribution < 1.29 is 14.4 Å². The zero-order valence-electron chi connectivity index (χ0n) is 13.5. The maximum Gasteiger partial charge on any atom is 0.264 e. The molecular weight excluding hydrogens is 408 g/mol. The maximum absolute atomic E-state index is 12.1. The summed E-state index contributed by atoms with van der Waals surface area (Å²) in [7, 11) is 1.56. The molecule has 9 heteroatoms. The number of nitrogens with one attached hydrogen (secondary N) is 2. The number of nitrogens with zero attached hydrogens (tertiary/aromatic N) is 2. The van der Waals surface area contributed by atoms with E-state index in [0.29, 0.717) is 10.6 Å². The molecule has 0 radical (unpaired) electrons. The second kappa shape index (κ2) is 9.28. The van der Waals surface area contributed by atoms with Gasteiger partial charge < -0.3 is 15.5 Å². The van der Waals surface area contributed by atoms with E-state index in [-0.39, 0.29) is 37.2 Å². The molecule has 0 spiro atoms. The molecule has 0 saturated carbocycles. The first-order chi connectivity index (χ1) is 12.0. The van der Waals surface area contributed by atoms with Gasteiger partial charge in [-0.2, -0.15) is 0 Å². The van der Waals surface area contributed by atoms with Crippen LogP contribution in [0.15, 0.2) is 40.4 Å². The molecule has 132 valence electrons. The van der Waals surface area contributed by atoms with Gasteiger partial charge in [0.2, 0.25) is 11.8 Å². The normalized spacial score (nSPS) is 10.2. The van der Waals surface area contributed by atoms with E-state index in [0.717, 1.165) is 3.79 Å². The van der Waals surface area contributed by atoms with Crippen LogP contribution < -0.4 is 10.6 Å². The predicted octanol–water partition coefficient (Wildman–Crippen LogP) is 2.12. The van der Waals surface area contributed by atoms with E-state index in [1.165, 1.54) is 16.2 Å². The second-order valence-electron chi connectivity index (χ2n) is 5.15. The van der Waals surface area contributed by atoms with Crippen LogP contribution in [0.5, 0.6) is 0 Å². The molecular formula is C16H17BrN4O3S. The quantitative estimate of drug-likeness (QED) is 0.711. The van der Waals surface area contributed by atoms with Crippen molar-refractivity contribution in [1.82, 2.24) is 15.2 Å². The average molecular weight is 425 g/mol. The number of carbonyl (C=O) groups excluding carboxylic acids is 3. The Morgan fingerprint density at radius 3 is 2.68 bits per heavy atom. The predicted molar refractivity (Wildman–Crippen MR) is 99.5 cm³/mol. The second-order valence-corrected chi connectivity index (χ2v) is 7.62. The number of aromatic nitrogens is 1. The molecule has 0 bridgehead atoms. The molecule has 0 fully saturated rings. The lowest BCUT2D eigenvalue weighted by atomic mass is 10.3. The fraction of sp³-hybridized carbons (Fsp3) is 0.250. The van der Waals surface area contributed by atoms with Crippen LogP contribution in [0, 0.1) is 0 Å². The van der Waals surface area contributed by atoms with Crippen molar-refractivity contribution in [2.45, 2.75) is 6.42 Å². The number of pyridine rings is 1. The highest BCUT2D eigenvalue weighted by Crippen LogP contribution is 2.22. The van der Waals surface area contributed by atoms with Gasteiger partial charge in [-0.05, 0) is 40.2 Å². The van der Waals surface area contributed by atoms with Crippen LogP contribution >= 0.6 is 27.3 Å². The summed E-state index contributed by atoms with van der Waals surface area (Å²) >= 11 is 4.61. The van der Waals surface area contributed by atoms with Gasteiger partial charge in [-0.1, -0.05) is 0 Å². The van der Waals surface area contributed by atoms with E-state index in [2.05, 4.69) is 31.5 Å². The third-order valence-electron chi connectivity index (χ3n) is 3.13. The summed E-state index contributed by atoms with van der Waals surface area (Å²) in [5.74, 6) is -0.762. The Labute approximate surface area is 157 Å². The van der Waals surface area contributed by atoms with Gasteiger partial charge in [-0.15, -0.1) is 11.3 Å². The third kappa shape index (κ3) is 6.28. The Morgan fingerprint density at radius 2 is 2.04 bits per heavy atom. The first-order valence-corrected chi connectivity index (χ1v) is 9.04. The van der Waals surface area contributed by atoms with E-state index < -0.39 is 0 Å². The van der Waals surface area contributed by atoms with Crippen LogP contribution in [0.3, 0.4) is 0 Å². The Morgan fingerprint density at radius 1 is 1.24 bits per heavy atom. The van der Waals surface area contributed by atoms with Crippen LogP contribution in [0.1, 0.15) is 16.1 Å². The molecule has 0 aliphatic rings. The third-order valence-corrected chi connectivity index (χ3v) is 4.74. The van der Waals surface area contributed by atoms with Crippen LogP contribution in [0.4, 0.5) is 5.69 Å². The summed E-state index contributed by atoms with van der Waals surface area (Å²) in [6.45, 7) is 0.121. The van der Waals surface area contributed by atoms with Crippen molar-refractivity contribution in [2.24, 2.45) is 0 Å². The number of carbonyl (C=O) groups is 3. The number of rotatable bonds is 7. The lowest BCUT2D eigenvalue weighted by Gasteiger charge is -2.15. The van der Waals surface area contributed by atoms with Crippen LogP contribution in [0.25, 0.3) is 0 Å². The molecule has 2 aromatic heterocycles. The number of anilines is 1. The molecule has 0 unspecified atom stereocenters. The van der Waals surface area contributed by atoms with E-state index in [1.807, 2.05) is 0 Å². The molecule has 7 nitrogen and oxygen atoms in total. The van der Waals surface area contributed by atoms with E-state index in [9.17, 15) is 14.4 Å². The zero-order chi connectivity index (χ0) is 18.2. The minimum Gasteiger partial charge on any atom is -0.354 e. The summed E-state index contributed by atoms with van der Waals surface area (Å²) in [5, 5.41) is 5.30. The maximum atomic E-state index is 12.1. The molecule has 0 aliphatic heterocycles. The summed E-state index contributed by atoms with van der Waals surface area (Å²) in [5.41, 5.74) is 0.603. The highest BCUT2D eigenvalue weighted by atomic mass is 79.9. The number of amides is 3. The topological polar surface area (TPSA) is 91.4 Å². The van der Waals surface area contributed by atoms with Gasteiger partial charge >= 0.3 is 0 Å². The summed E-state index contributed by atoms with van der Waals surface area (Å²) in [4.78, 5) is 41.6. The highest BCUT2D eigenvalue weighted by Gasteiger charge is 2.16. The Kier molecular flexibility index (Phi) is 7.08. The van der Waals surface area contributed by atoms with Gasteiger partial charge in [0.1, 0.15) is 0 Å². The summed E-state index contributed by atoms with van der Waals surface area (Å²) in [6, 6.07) is 6.93. The Balaban J connectivity index is 1.69. The summed E-state index contributed by atoms with van der Waals surface area (Å²) in [6.07, 6.45) is 3.29. The molecule has 0 aliphatic carbocycles. The molecule has 3 amide bonds. The summed E-state index contributed by atoms with van der Waals surface area (Å²) < 4.78 is 0.855. The smallest absolute Gasteiger partial charge is 0.264 e. The van der Waals surface area contributed by atoms with Gasteiger partial charge in [0, 0.05) is 26.2 Å². The first kappa shape index (κ1) is 19.1. The van der Waals surface area contributed by atoms with Gasteiger partial charge in [0.15, 0.2) is 0 Å². The number of likely N-dealkylation sites (N-methyl/N-ethyl adjacent to an activating group) is 1. The van der Waals surface area contributed by atoms with Gasteiger partial charge in [0.25, 0.3) is 5.91 Å². The van der Waals surface area contributed by atoms with Crippen LogP contribution in [0.2, 0.25) is 0 Å². The zero-order valence-corrected chi connectivity index (χ0v) is 15.9. The standard InChI is InChI=1S/C16H17BrN4O3S/c1-21(16(24)12-4-5-13(17)25-12)10-15(23)19-8-6-14(22)20-11-3-2-7-18-9-11/h2-5,7,9H,6,8,10H2,1H3,(H,19,23)(H,20,22). The lowest BCUT2D eigenvalue weighted by molar-refractivity contribution is -0.121. The Hall–Kier alpha value is -2.26. The molecule has 0 aromatic carbocycles. The van der Waals surface area contributed by atoms with Gasteiger partial charge in [0.05, 0.1) is 27.1 Å². The van der Waals surface area contributed by atoms with Crippen molar-refractivity contribution in [3.63, 3.8) is 0 Å². The minimum atomic E-state index is -0.319. The lowest BCUT2D eigenvalue weighted by Crippen LogP contribution is -2.39. The molecule has 0 atom stereocenters. The van der Waals surface area contributed by atoms with E-state index in [4.69, 9.17) is 0 Å². The van der Waals surface area contributed by atoms with Crippen LogP contribution in [-0.4, -0.2) is 47.7 Å². The average Bonchev–Trinajstić information content (AvgIpc) is 3.01. The van der Waals surface area contributed by atoms with Crippen molar-refractivity contribution in [3.8, 4) is 0 Å².